The average molecular weight is 532 g/mol. The van der Waals surface area contributed by atoms with Gasteiger partial charge in [-0.2, -0.15) is 0 Å². The number of halogens is 1. The molecule has 0 radical (unpaired) electrons. The highest BCUT2D eigenvalue weighted by Gasteiger charge is 2.36. The van der Waals surface area contributed by atoms with E-state index in [1.165, 1.54) is 6.07 Å². The summed E-state index contributed by atoms with van der Waals surface area (Å²) in [6.45, 7) is 2.16. The summed E-state index contributed by atoms with van der Waals surface area (Å²) in [6.07, 6.45) is -0.412. The maximum Gasteiger partial charge on any atom is 0.336 e. The van der Waals surface area contributed by atoms with Crippen molar-refractivity contribution < 1.29 is 23.8 Å². The second-order valence-electron chi connectivity index (χ2n) is 9.50. The van der Waals surface area contributed by atoms with Crippen LogP contribution >= 0.6 is 11.6 Å². The highest BCUT2D eigenvalue weighted by molar-refractivity contribution is 6.33. The second-order valence-corrected chi connectivity index (χ2v) is 9.91. The van der Waals surface area contributed by atoms with E-state index in [-0.39, 0.29) is 18.4 Å². The zero-order chi connectivity index (χ0) is 26.8. The Morgan fingerprint density at radius 2 is 1.74 bits per heavy atom. The van der Waals surface area contributed by atoms with Gasteiger partial charge in [0.25, 0.3) is 5.91 Å². The molecule has 0 aliphatic carbocycles. The standard InChI is InChI=1S/C30H26ClNO6/c1-18(29(34)32-16-20(13-21(17-32)30(35)36)19-7-3-2-4-8-19)37-22-11-12-24-25(15-28(33)38-27(24)14-22)23-9-5-6-10-26(23)31/h2-12,14-15,18,20-21H,13,16-17H2,1H3,(H,35,36)/t18-,20?,21+/m1/s1. The van der Waals surface area contributed by atoms with Crippen molar-refractivity contribution in [1.29, 1.82) is 0 Å². The number of likely N-dealkylation sites (tertiary alicyclic amines) is 1. The molecule has 3 atom stereocenters. The molecule has 1 aliphatic heterocycles. The zero-order valence-corrected chi connectivity index (χ0v) is 21.4. The molecule has 1 saturated heterocycles. The zero-order valence-electron chi connectivity index (χ0n) is 20.7. The molecule has 7 nitrogen and oxygen atoms in total. The van der Waals surface area contributed by atoms with Gasteiger partial charge in [-0.1, -0.05) is 60.1 Å². The van der Waals surface area contributed by atoms with E-state index in [4.69, 9.17) is 20.8 Å². The number of piperidine rings is 1. The van der Waals surface area contributed by atoms with E-state index in [2.05, 4.69) is 0 Å². The number of carboxylic acid groups (broad SMARTS) is 1. The molecule has 8 heteroatoms. The van der Waals surface area contributed by atoms with Crippen LogP contribution in [0.2, 0.25) is 5.02 Å². The van der Waals surface area contributed by atoms with Crippen molar-refractivity contribution in [1.82, 2.24) is 4.90 Å². The highest BCUT2D eigenvalue weighted by atomic mass is 35.5. The number of aliphatic carboxylic acids is 1. The third-order valence-corrected chi connectivity index (χ3v) is 7.25. The number of rotatable bonds is 6. The minimum atomic E-state index is -0.920. The lowest BCUT2D eigenvalue weighted by atomic mass is 9.84. The van der Waals surface area contributed by atoms with E-state index in [1.54, 1.807) is 36.1 Å². The quantitative estimate of drug-likeness (QED) is 0.325. The molecule has 1 amide bonds. The van der Waals surface area contributed by atoms with Crippen LogP contribution in [0.5, 0.6) is 5.75 Å². The molecular formula is C30H26ClNO6. The summed E-state index contributed by atoms with van der Waals surface area (Å²) in [5.74, 6) is -1.62. The fraction of sp³-hybridized carbons (Fsp3) is 0.233. The van der Waals surface area contributed by atoms with Gasteiger partial charge in [-0.05, 0) is 37.1 Å². The van der Waals surface area contributed by atoms with E-state index < -0.39 is 23.6 Å². The topological polar surface area (TPSA) is 97.0 Å². The van der Waals surface area contributed by atoms with Crippen molar-refractivity contribution in [2.45, 2.75) is 25.4 Å². The van der Waals surface area contributed by atoms with Gasteiger partial charge in [0, 0.05) is 52.7 Å². The Hall–Kier alpha value is -4.10. The Morgan fingerprint density at radius 1 is 1.00 bits per heavy atom. The Kier molecular flexibility index (Phi) is 7.20. The molecule has 1 aromatic heterocycles. The second kappa shape index (κ2) is 10.7. The summed E-state index contributed by atoms with van der Waals surface area (Å²) < 4.78 is 11.4. The maximum absolute atomic E-state index is 13.4. The van der Waals surface area contributed by atoms with Gasteiger partial charge in [-0.15, -0.1) is 0 Å². The van der Waals surface area contributed by atoms with Crippen molar-refractivity contribution in [2.24, 2.45) is 5.92 Å². The van der Waals surface area contributed by atoms with Crippen LogP contribution in [0.15, 0.2) is 88.1 Å². The molecule has 0 saturated carbocycles. The normalized spacial score (nSPS) is 18.2. The van der Waals surface area contributed by atoms with Crippen LogP contribution in [0.4, 0.5) is 0 Å². The molecule has 1 aliphatic rings. The number of amides is 1. The number of fused-ring (bicyclic) bond motifs is 1. The fourth-order valence-corrected chi connectivity index (χ4v) is 5.29. The van der Waals surface area contributed by atoms with E-state index in [9.17, 15) is 19.5 Å². The number of carbonyl (C=O) groups excluding carboxylic acids is 1. The molecule has 1 fully saturated rings. The molecule has 0 bridgehead atoms. The van der Waals surface area contributed by atoms with E-state index in [1.807, 2.05) is 48.5 Å². The summed E-state index contributed by atoms with van der Waals surface area (Å²) in [4.78, 5) is 39.1. The molecular weight excluding hydrogens is 506 g/mol. The van der Waals surface area contributed by atoms with Crippen molar-refractivity contribution in [3.8, 4) is 16.9 Å². The van der Waals surface area contributed by atoms with Gasteiger partial charge < -0.3 is 19.2 Å². The van der Waals surface area contributed by atoms with Gasteiger partial charge in [0.2, 0.25) is 0 Å². The van der Waals surface area contributed by atoms with Crippen molar-refractivity contribution in [3.63, 3.8) is 0 Å². The highest BCUT2D eigenvalue weighted by Crippen LogP contribution is 2.34. The lowest BCUT2D eigenvalue weighted by Gasteiger charge is -2.37. The predicted molar refractivity (Wildman–Crippen MR) is 145 cm³/mol. The molecule has 0 spiro atoms. The number of ether oxygens (including phenoxy) is 1. The smallest absolute Gasteiger partial charge is 0.336 e. The van der Waals surface area contributed by atoms with E-state index in [0.717, 1.165) is 5.56 Å². The SMILES string of the molecule is C[C@@H](Oc1ccc2c(-c3ccccc3Cl)cc(=O)oc2c1)C(=O)N1CC(c2ccccc2)C[C@H](C(=O)O)C1. The summed E-state index contributed by atoms with van der Waals surface area (Å²) in [5.41, 5.74) is 2.11. The molecule has 1 unspecified atom stereocenters. The molecule has 3 aromatic carbocycles. The third kappa shape index (κ3) is 5.29. The summed E-state index contributed by atoms with van der Waals surface area (Å²) in [7, 11) is 0. The number of carbonyl (C=O) groups is 2. The summed E-state index contributed by atoms with van der Waals surface area (Å²) in [5, 5.41) is 10.9. The minimum Gasteiger partial charge on any atom is -0.481 e. The predicted octanol–water partition coefficient (Wildman–Crippen LogP) is 5.60. The van der Waals surface area contributed by atoms with Crippen molar-refractivity contribution in [3.05, 3.63) is 99.9 Å². The van der Waals surface area contributed by atoms with Crippen LogP contribution in [0, 0.1) is 5.92 Å². The van der Waals surface area contributed by atoms with Crippen molar-refractivity contribution in [2.75, 3.05) is 13.1 Å². The van der Waals surface area contributed by atoms with Crippen LogP contribution in [-0.4, -0.2) is 41.1 Å². The largest absolute Gasteiger partial charge is 0.481 e. The number of benzene rings is 3. The molecule has 5 rings (SSSR count). The van der Waals surface area contributed by atoms with Crippen LogP contribution in [0.1, 0.15) is 24.8 Å². The van der Waals surface area contributed by atoms with Gasteiger partial charge >= 0.3 is 11.6 Å². The Bertz CT molecular complexity index is 1550. The van der Waals surface area contributed by atoms with Crippen molar-refractivity contribution >= 4 is 34.4 Å². The number of carboxylic acids is 1. The lowest BCUT2D eigenvalue weighted by Crippen LogP contribution is -2.49. The van der Waals surface area contributed by atoms with Gasteiger partial charge in [-0.25, -0.2) is 4.79 Å². The third-order valence-electron chi connectivity index (χ3n) is 6.92. The van der Waals surface area contributed by atoms with E-state index in [0.29, 0.717) is 45.8 Å². The first-order valence-corrected chi connectivity index (χ1v) is 12.7. The van der Waals surface area contributed by atoms with Crippen LogP contribution < -0.4 is 10.4 Å². The minimum absolute atomic E-state index is 0.0830. The summed E-state index contributed by atoms with van der Waals surface area (Å²) >= 11 is 6.36. The Balaban J connectivity index is 1.38. The Morgan fingerprint density at radius 3 is 2.47 bits per heavy atom. The monoisotopic (exact) mass is 531 g/mol. The van der Waals surface area contributed by atoms with Gasteiger partial charge in [-0.3, -0.25) is 9.59 Å². The first-order chi connectivity index (χ1) is 18.3. The van der Waals surface area contributed by atoms with Gasteiger partial charge in [0.05, 0.1) is 5.92 Å². The van der Waals surface area contributed by atoms with E-state index >= 15 is 0 Å². The van der Waals surface area contributed by atoms with Crippen LogP contribution in [0.25, 0.3) is 22.1 Å². The van der Waals surface area contributed by atoms with Crippen LogP contribution in [-0.2, 0) is 9.59 Å². The average Bonchev–Trinajstić information content (AvgIpc) is 2.92. The number of hydrogen-bond acceptors (Lipinski definition) is 5. The van der Waals surface area contributed by atoms with Gasteiger partial charge in [0.15, 0.2) is 6.10 Å². The lowest BCUT2D eigenvalue weighted by molar-refractivity contribution is -0.148. The first kappa shape index (κ1) is 25.5. The number of hydrogen-bond donors (Lipinski definition) is 1. The molecule has 194 valence electrons. The van der Waals surface area contributed by atoms with Gasteiger partial charge in [0.1, 0.15) is 11.3 Å². The fourth-order valence-electron chi connectivity index (χ4n) is 5.06. The number of nitrogens with zero attached hydrogens (tertiary/aromatic N) is 1. The molecule has 4 aromatic rings. The maximum atomic E-state index is 13.4. The first-order valence-electron chi connectivity index (χ1n) is 12.4. The molecule has 1 N–H and O–H groups in total. The molecule has 38 heavy (non-hydrogen) atoms. The summed E-state index contributed by atoms with van der Waals surface area (Å²) in [6, 6.07) is 23.3. The van der Waals surface area contributed by atoms with Crippen LogP contribution in [0.3, 0.4) is 0 Å². The Labute approximate surface area is 224 Å². The molecule has 2 heterocycles.